The Bertz CT molecular complexity index is 888. The molecule has 0 fully saturated rings. The molecule has 0 saturated carbocycles. The Kier molecular flexibility index (Phi) is 3.98. The van der Waals surface area contributed by atoms with Crippen molar-refractivity contribution in [2.75, 3.05) is 0 Å². The van der Waals surface area contributed by atoms with Crippen LogP contribution < -0.4 is 4.40 Å². The summed E-state index contributed by atoms with van der Waals surface area (Å²) in [6.45, 7) is 3.95. The molecule has 23 heavy (non-hydrogen) atoms. The summed E-state index contributed by atoms with van der Waals surface area (Å²) in [5, 5.41) is 2.46. The summed E-state index contributed by atoms with van der Waals surface area (Å²) in [5.41, 5.74) is 3.21. The molecule has 0 bridgehead atoms. The third-order valence-electron chi connectivity index (χ3n) is 4.30. The van der Waals surface area contributed by atoms with E-state index in [2.05, 4.69) is 65.8 Å². The molecule has 0 aliphatic heterocycles. The van der Waals surface area contributed by atoms with Crippen molar-refractivity contribution < 1.29 is 1.37 Å². The molecule has 118 valence electrons. The molecule has 0 N–H and O–H groups in total. The first-order valence-electron chi connectivity index (χ1n) is 8.66. The number of hydrogen-bond donors (Lipinski definition) is 0. The van der Waals surface area contributed by atoms with Crippen LogP contribution in [0.1, 0.15) is 26.7 Å². The molecular weight excluding hydrogens is 339 g/mol. The fourth-order valence-electron chi connectivity index (χ4n) is 2.97. The first-order valence-corrected chi connectivity index (χ1v) is 15.5. The van der Waals surface area contributed by atoms with Gasteiger partial charge in [0.15, 0.2) is 0 Å². The van der Waals surface area contributed by atoms with Crippen molar-refractivity contribution in [2.45, 2.75) is 37.0 Å². The first kappa shape index (κ1) is 15.0. The average Bonchev–Trinajstić information content (AvgIpc) is 2.52. The second kappa shape index (κ2) is 6.12. The van der Waals surface area contributed by atoms with Gasteiger partial charge in [-0.1, -0.05) is 0 Å². The molecule has 2 aromatic carbocycles. The first-order chi connectivity index (χ1) is 11.2. The Balaban J connectivity index is 2.17. The van der Waals surface area contributed by atoms with E-state index in [-0.39, 0.29) is 0 Å². The van der Waals surface area contributed by atoms with Crippen LogP contribution >= 0.6 is 0 Å². The van der Waals surface area contributed by atoms with E-state index in [9.17, 15) is 0 Å². The molecule has 1 aromatic heterocycles. The van der Waals surface area contributed by atoms with Gasteiger partial charge in [0.05, 0.1) is 0 Å². The molecule has 0 unspecified atom stereocenters. The Morgan fingerprint density at radius 3 is 2.30 bits per heavy atom. The van der Waals surface area contributed by atoms with E-state index in [1.54, 1.807) is 0 Å². The summed E-state index contributed by atoms with van der Waals surface area (Å²) < 4.78 is 9.92. The monoisotopic (exact) mass is 366 g/mol. The number of aromatic nitrogens is 1. The van der Waals surface area contributed by atoms with E-state index in [4.69, 9.17) is 6.35 Å². The van der Waals surface area contributed by atoms with E-state index >= 15 is 0 Å². The van der Waals surface area contributed by atoms with E-state index in [1.807, 2.05) is 20.0 Å². The molecule has 0 amide bonds. The van der Waals surface area contributed by atoms with Gasteiger partial charge in [-0.3, -0.25) is 0 Å². The van der Waals surface area contributed by atoms with Gasteiger partial charge in [0.25, 0.3) is 0 Å². The molecule has 1 nitrogen and oxygen atoms in total. The van der Waals surface area contributed by atoms with Gasteiger partial charge >= 0.3 is 143 Å². The summed E-state index contributed by atoms with van der Waals surface area (Å²) in [4.78, 5) is 4.76. The van der Waals surface area contributed by atoms with Crippen LogP contribution in [-0.4, -0.2) is 18.3 Å². The predicted molar refractivity (Wildman–Crippen MR) is 104 cm³/mol. The third kappa shape index (κ3) is 3.35. The Hall–Kier alpha value is -1.61. The van der Waals surface area contributed by atoms with Crippen molar-refractivity contribution in [2.24, 2.45) is 0 Å². The zero-order valence-corrected chi connectivity index (χ0v) is 16.7. The number of benzene rings is 2. The topological polar surface area (TPSA) is 12.9 Å². The van der Waals surface area contributed by atoms with E-state index in [0.717, 1.165) is 16.8 Å². The number of rotatable bonds is 3. The number of nitrogens with zero attached hydrogens (tertiary/aromatic N) is 1. The van der Waals surface area contributed by atoms with Gasteiger partial charge in [-0.15, -0.1) is 0 Å². The molecule has 0 aliphatic carbocycles. The molecule has 0 spiro atoms. The van der Waals surface area contributed by atoms with Crippen LogP contribution in [0.25, 0.3) is 22.0 Å². The molecule has 0 saturated heterocycles. The SMILES string of the molecule is [2H]C(C)(C)c1cc(-c2ccc3ccccc3c2)nc[c]1[Ge]([CH3])([CH3])[CH3]. The number of fused-ring (bicyclic) bond motifs is 1. The van der Waals surface area contributed by atoms with Crippen LogP contribution in [0.3, 0.4) is 0 Å². The standard InChI is InChI=1S/C21H25GeN/c1-15(2)19-13-21(23-14-20(19)22(3,4)5)18-11-10-16-8-6-7-9-17(16)12-18/h6-15H,1-5H3/i15D. The zero-order chi connectivity index (χ0) is 17.5. The second-order valence-electron chi connectivity index (χ2n) is 7.43. The Morgan fingerprint density at radius 2 is 1.65 bits per heavy atom. The van der Waals surface area contributed by atoms with Gasteiger partial charge in [-0.25, -0.2) is 0 Å². The molecule has 1 heterocycles. The number of pyridine rings is 1. The van der Waals surface area contributed by atoms with Gasteiger partial charge in [-0.2, -0.15) is 0 Å². The van der Waals surface area contributed by atoms with Crippen LogP contribution in [0.5, 0.6) is 0 Å². The summed E-state index contributed by atoms with van der Waals surface area (Å²) in [5.74, 6) is 6.48. The summed E-state index contributed by atoms with van der Waals surface area (Å²) in [6, 6.07) is 17.0. The average molecular weight is 365 g/mol. The van der Waals surface area contributed by atoms with E-state index in [0.29, 0.717) is 0 Å². The van der Waals surface area contributed by atoms with Crippen LogP contribution in [0.4, 0.5) is 0 Å². The fraction of sp³-hybridized carbons (Fsp3) is 0.286. The van der Waals surface area contributed by atoms with E-state index < -0.39 is 19.2 Å². The second-order valence-corrected chi connectivity index (χ2v) is 18.0. The Labute approximate surface area is 143 Å². The van der Waals surface area contributed by atoms with Crippen LogP contribution in [0, 0.1) is 0 Å². The van der Waals surface area contributed by atoms with Crippen LogP contribution in [0.15, 0.2) is 54.7 Å². The summed E-state index contributed by atoms with van der Waals surface area (Å²) >= 11 is -2.07. The van der Waals surface area contributed by atoms with Gasteiger partial charge < -0.3 is 0 Å². The van der Waals surface area contributed by atoms with Crippen molar-refractivity contribution >= 4 is 28.4 Å². The molecular formula is C21H25GeN. The van der Waals surface area contributed by atoms with Crippen LogP contribution in [-0.2, 0) is 0 Å². The molecule has 0 aliphatic rings. The minimum atomic E-state index is -2.07. The van der Waals surface area contributed by atoms with Crippen molar-refractivity contribution in [1.82, 2.24) is 4.98 Å². The predicted octanol–water partition coefficient (Wildman–Crippen LogP) is 5.57. The van der Waals surface area contributed by atoms with Crippen molar-refractivity contribution in [3.8, 4) is 11.3 Å². The third-order valence-corrected chi connectivity index (χ3v) is 8.52. The molecule has 0 atom stereocenters. The van der Waals surface area contributed by atoms with Crippen molar-refractivity contribution in [3.05, 3.63) is 60.3 Å². The molecule has 3 aromatic rings. The quantitative estimate of drug-likeness (QED) is 0.553. The van der Waals surface area contributed by atoms with Crippen molar-refractivity contribution in [1.29, 1.82) is 0 Å². The van der Waals surface area contributed by atoms with Gasteiger partial charge in [0.2, 0.25) is 0 Å². The molecule has 0 radical (unpaired) electrons. The van der Waals surface area contributed by atoms with Gasteiger partial charge in [0.1, 0.15) is 0 Å². The Morgan fingerprint density at radius 1 is 0.957 bits per heavy atom. The fourth-order valence-corrected chi connectivity index (χ4v) is 6.29. The molecule has 3 rings (SSSR count). The maximum absolute atomic E-state index is 8.59. The van der Waals surface area contributed by atoms with E-state index in [1.165, 1.54) is 15.2 Å². The van der Waals surface area contributed by atoms with Gasteiger partial charge in [0, 0.05) is 0 Å². The normalized spacial score (nSPS) is 13.2. The summed E-state index contributed by atoms with van der Waals surface area (Å²) in [6.07, 6.45) is 2.04. The zero-order valence-electron chi connectivity index (χ0n) is 15.6. The van der Waals surface area contributed by atoms with Gasteiger partial charge in [-0.05, 0) is 0 Å². The maximum atomic E-state index is 8.59. The van der Waals surface area contributed by atoms with Crippen molar-refractivity contribution in [3.63, 3.8) is 0 Å². The van der Waals surface area contributed by atoms with Crippen LogP contribution in [0.2, 0.25) is 17.3 Å². The summed E-state index contributed by atoms with van der Waals surface area (Å²) in [7, 11) is 0. The minimum absolute atomic E-state index is 0.609. The molecule has 2 heteroatoms. The number of hydrogen-bond acceptors (Lipinski definition) is 1.